The maximum atomic E-state index is 13.0. The zero-order valence-corrected chi connectivity index (χ0v) is 19.6. The fourth-order valence-electron chi connectivity index (χ4n) is 3.04. The molecule has 0 unspecified atom stereocenters. The molecule has 0 radical (unpaired) electrons. The summed E-state index contributed by atoms with van der Waals surface area (Å²) in [5.41, 5.74) is 2.00. The van der Waals surface area contributed by atoms with E-state index in [4.69, 9.17) is 4.74 Å². The average molecular weight is 503 g/mol. The second-order valence-electron chi connectivity index (χ2n) is 6.78. The Morgan fingerprint density at radius 1 is 1.03 bits per heavy atom. The van der Waals surface area contributed by atoms with Gasteiger partial charge in [-0.1, -0.05) is 34.1 Å². The Morgan fingerprint density at radius 2 is 1.71 bits per heavy atom. The summed E-state index contributed by atoms with van der Waals surface area (Å²) in [5, 5.41) is 2.71. The topological polar surface area (TPSA) is 75.7 Å². The maximum absolute atomic E-state index is 13.0. The molecule has 3 rings (SSSR count). The fourth-order valence-corrected chi connectivity index (χ4v) is 4.99. The number of hydrogen-bond acceptors (Lipinski definition) is 4. The van der Waals surface area contributed by atoms with Crippen molar-refractivity contribution in [3.05, 3.63) is 82.8 Å². The van der Waals surface area contributed by atoms with Crippen molar-refractivity contribution in [1.29, 1.82) is 0 Å². The SMILES string of the molecule is CCN(c1ccccc1)S(=O)(=O)c1ccc(NC(=O)COc2ccc(Br)cc2C)cc1. The molecular weight excluding hydrogens is 480 g/mol. The van der Waals surface area contributed by atoms with Crippen molar-refractivity contribution in [2.45, 2.75) is 18.7 Å². The van der Waals surface area contributed by atoms with Gasteiger partial charge in [-0.05, 0) is 74.0 Å². The molecule has 0 saturated carbocycles. The van der Waals surface area contributed by atoms with Crippen LogP contribution in [-0.2, 0) is 14.8 Å². The van der Waals surface area contributed by atoms with E-state index in [1.165, 1.54) is 16.4 Å². The lowest BCUT2D eigenvalue weighted by molar-refractivity contribution is -0.118. The third-order valence-electron chi connectivity index (χ3n) is 4.55. The number of aryl methyl sites for hydroxylation is 1. The molecule has 0 aliphatic rings. The first-order chi connectivity index (χ1) is 14.8. The Bertz CT molecular complexity index is 1150. The van der Waals surface area contributed by atoms with Gasteiger partial charge in [-0.25, -0.2) is 8.42 Å². The minimum atomic E-state index is -3.71. The van der Waals surface area contributed by atoms with E-state index in [1.54, 1.807) is 49.4 Å². The minimum absolute atomic E-state index is 0.151. The Balaban J connectivity index is 1.66. The summed E-state index contributed by atoms with van der Waals surface area (Å²) in [6, 6.07) is 20.6. The maximum Gasteiger partial charge on any atom is 0.264 e. The highest BCUT2D eigenvalue weighted by atomic mass is 79.9. The number of benzene rings is 3. The summed E-state index contributed by atoms with van der Waals surface area (Å²) in [6.07, 6.45) is 0. The summed E-state index contributed by atoms with van der Waals surface area (Å²) in [5.74, 6) is 0.290. The fraction of sp³-hybridized carbons (Fsp3) is 0.174. The van der Waals surface area contributed by atoms with Gasteiger partial charge >= 0.3 is 0 Å². The molecule has 0 saturated heterocycles. The quantitative estimate of drug-likeness (QED) is 0.470. The molecule has 162 valence electrons. The van der Waals surface area contributed by atoms with Crippen LogP contribution in [0.15, 0.2) is 82.2 Å². The molecule has 0 fully saturated rings. The van der Waals surface area contributed by atoms with Crippen LogP contribution in [0, 0.1) is 6.92 Å². The molecule has 0 aliphatic heterocycles. The van der Waals surface area contributed by atoms with Crippen molar-refractivity contribution >= 4 is 43.2 Å². The lowest BCUT2D eigenvalue weighted by atomic mass is 10.2. The van der Waals surface area contributed by atoms with Crippen LogP contribution < -0.4 is 14.4 Å². The molecule has 3 aromatic rings. The van der Waals surface area contributed by atoms with Crippen LogP contribution >= 0.6 is 15.9 Å². The highest BCUT2D eigenvalue weighted by Crippen LogP contribution is 2.25. The number of para-hydroxylation sites is 1. The Labute approximate surface area is 191 Å². The Kier molecular flexibility index (Phi) is 7.35. The predicted molar refractivity (Wildman–Crippen MR) is 126 cm³/mol. The summed E-state index contributed by atoms with van der Waals surface area (Å²) >= 11 is 3.39. The van der Waals surface area contributed by atoms with Crippen LogP contribution in [0.4, 0.5) is 11.4 Å². The smallest absolute Gasteiger partial charge is 0.264 e. The van der Waals surface area contributed by atoms with Gasteiger partial charge in [-0.15, -0.1) is 0 Å². The lowest BCUT2D eigenvalue weighted by Crippen LogP contribution is -2.30. The number of halogens is 1. The summed E-state index contributed by atoms with van der Waals surface area (Å²) in [4.78, 5) is 12.4. The number of sulfonamides is 1. The van der Waals surface area contributed by atoms with Gasteiger partial charge in [0.25, 0.3) is 15.9 Å². The number of anilines is 2. The van der Waals surface area contributed by atoms with E-state index >= 15 is 0 Å². The second kappa shape index (κ2) is 9.98. The molecule has 8 heteroatoms. The van der Waals surface area contributed by atoms with Gasteiger partial charge in [0, 0.05) is 16.7 Å². The van der Waals surface area contributed by atoms with Crippen molar-refractivity contribution < 1.29 is 17.9 Å². The monoisotopic (exact) mass is 502 g/mol. The van der Waals surface area contributed by atoms with Gasteiger partial charge in [0.05, 0.1) is 10.6 Å². The third kappa shape index (κ3) is 5.65. The summed E-state index contributed by atoms with van der Waals surface area (Å²) in [7, 11) is -3.71. The normalized spacial score (nSPS) is 11.1. The number of nitrogens with one attached hydrogen (secondary N) is 1. The van der Waals surface area contributed by atoms with E-state index in [9.17, 15) is 13.2 Å². The van der Waals surface area contributed by atoms with E-state index < -0.39 is 10.0 Å². The van der Waals surface area contributed by atoms with Crippen LogP contribution in [0.2, 0.25) is 0 Å². The van der Waals surface area contributed by atoms with E-state index in [0.29, 0.717) is 23.7 Å². The zero-order valence-electron chi connectivity index (χ0n) is 17.2. The average Bonchev–Trinajstić information content (AvgIpc) is 2.74. The standard InChI is InChI=1S/C23H23BrN2O4S/c1-3-26(20-7-5-4-6-8-20)31(28,29)21-12-10-19(11-13-21)25-23(27)16-30-22-14-9-18(24)15-17(22)2/h4-15H,3,16H2,1-2H3,(H,25,27). The van der Waals surface area contributed by atoms with Crippen molar-refractivity contribution in [2.24, 2.45) is 0 Å². The van der Waals surface area contributed by atoms with Crippen molar-refractivity contribution in [1.82, 2.24) is 0 Å². The van der Waals surface area contributed by atoms with Crippen LogP contribution in [0.3, 0.4) is 0 Å². The molecule has 6 nitrogen and oxygen atoms in total. The van der Waals surface area contributed by atoms with E-state index in [0.717, 1.165) is 10.0 Å². The van der Waals surface area contributed by atoms with E-state index in [2.05, 4.69) is 21.2 Å². The third-order valence-corrected chi connectivity index (χ3v) is 6.96. The molecule has 1 amide bonds. The summed E-state index contributed by atoms with van der Waals surface area (Å²) < 4.78 is 33.9. The molecule has 0 atom stereocenters. The Hall–Kier alpha value is -2.84. The Morgan fingerprint density at radius 3 is 2.32 bits per heavy atom. The van der Waals surface area contributed by atoms with E-state index in [1.807, 2.05) is 25.1 Å². The number of carbonyl (C=O) groups is 1. The van der Waals surface area contributed by atoms with Gasteiger partial charge in [0.1, 0.15) is 5.75 Å². The van der Waals surface area contributed by atoms with Gasteiger partial charge in [0.15, 0.2) is 6.61 Å². The second-order valence-corrected chi connectivity index (χ2v) is 9.55. The molecule has 31 heavy (non-hydrogen) atoms. The highest BCUT2D eigenvalue weighted by Gasteiger charge is 2.23. The first-order valence-corrected chi connectivity index (χ1v) is 11.9. The molecular formula is C23H23BrN2O4S. The van der Waals surface area contributed by atoms with E-state index in [-0.39, 0.29) is 17.4 Å². The van der Waals surface area contributed by atoms with Crippen LogP contribution in [0.25, 0.3) is 0 Å². The molecule has 0 spiro atoms. The number of rotatable bonds is 8. The zero-order chi connectivity index (χ0) is 22.4. The van der Waals surface area contributed by atoms with Gasteiger partial charge in [0.2, 0.25) is 0 Å². The predicted octanol–water partition coefficient (Wildman–Crippen LogP) is 4.99. The highest BCUT2D eigenvalue weighted by molar-refractivity contribution is 9.10. The first kappa shape index (κ1) is 22.8. The van der Waals surface area contributed by atoms with Gasteiger partial charge in [-0.3, -0.25) is 9.10 Å². The number of carbonyl (C=O) groups excluding carboxylic acids is 1. The molecule has 0 heterocycles. The number of hydrogen-bond donors (Lipinski definition) is 1. The first-order valence-electron chi connectivity index (χ1n) is 9.68. The number of nitrogens with zero attached hydrogens (tertiary/aromatic N) is 1. The van der Waals surface area contributed by atoms with Gasteiger partial charge < -0.3 is 10.1 Å². The lowest BCUT2D eigenvalue weighted by Gasteiger charge is -2.23. The minimum Gasteiger partial charge on any atom is -0.483 e. The van der Waals surface area contributed by atoms with Crippen LogP contribution in [0.5, 0.6) is 5.75 Å². The van der Waals surface area contributed by atoms with Crippen molar-refractivity contribution in [3.8, 4) is 5.75 Å². The molecule has 0 aliphatic carbocycles. The van der Waals surface area contributed by atoms with Crippen molar-refractivity contribution in [3.63, 3.8) is 0 Å². The van der Waals surface area contributed by atoms with Crippen LogP contribution in [0.1, 0.15) is 12.5 Å². The molecule has 3 aromatic carbocycles. The molecule has 0 bridgehead atoms. The largest absolute Gasteiger partial charge is 0.483 e. The number of ether oxygens (including phenoxy) is 1. The number of amides is 1. The van der Waals surface area contributed by atoms with Gasteiger partial charge in [-0.2, -0.15) is 0 Å². The summed E-state index contributed by atoms with van der Waals surface area (Å²) in [6.45, 7) is 3.83. The molecule has 1 N–H and O–H groups in total. The molecule has 0 aromatic heterocycles. The van der Waals surface area contributed by atoms with Crippen LogP contribution in [-0.4, -0.2) is 27.5 Å². The van der Waals surface area contributed by atoms with Crippen molar-refractivity contribution in [2.75, 3.05) is 22.8 Å².